The summed E-state index contributed by atoms with van der Waals surface area (Å²) in [4.78, 5) is 11.7. The number of fused-ring (bicyclic) bond motifs is 2. The summed E-state index contributed by atoms with van der Waals surface area (Å²) in [6.07, 6.45) is 0.555. The second-order valence-corrected chi connectivity index (χ2v) is 9.26. The van der Waals surface area contributed by atoms with E-state index in [-0.39, 0.29) is 23.0 Å². The Bertz CT molecular complexity index is 1210. The summed E-state index contributed by atoms with van der Waals surface area (Å²) in [5.74, 6) is -0.368. The standard InChI is InChI=1S/C24H24N2O5S/c27-24(28)17-11-12-22-21(15-17)23(20-10-5-4-7-18(20)16-31-22)25-13-6-14-26-32(29,30)19-8-2-1-3-9-19/h1-5,7-12,15,23,25-26H,6,13-14,16H2,(H,27,28). The largest absolute Gasteiger partial charge is 0.489 e. The van der Waals surface area contributed by atoms with Crippen LogP contribution in [-0.4, -0.2) is 32.6 Å². The van der Waals surface area contributed by atoms with Crippen molar-refractivity contribution in [3.8, 4) is 5.75 Å². The van der Waals surface area contributed by atoms with Crippen molar-refractivity contribution in [1.82, 2.24) is 10.0 Å². The summed E-state index contributed by atoms with van der Waals surface area (Å²) in [5.41, 5.74) is 2.97. The molecule has 1 heterocycles. The van der Waals surface area contributed by atoms with Crippen LogP contribution in [0.15, 0.2) is 77.7 Å². The fraction of sp³-hybridized carbons (Fsp3) is 0.208. The Balaban J connectivity index is 1.48. The Labute approximate surface area is 187 Å². The molecule has 0 saturated carbocycles. The van der Waals surface area contributed by atoms with Gasteiger partial charge in [0, 0.05) is 12.1 Å². The van der Waals surface area contributed by atoms with Crippen molar-refractivity contribution >= 4 is 16.0 Å². The molecule has 166 valence electrons. The number of carbonyl (C=O) groups is 1. The van der Waals surface area contributed by atoms with Crippen molar-refractivity contribution in [2.45, 2.75) is 24.0 Å². The minimum Gasteiger partial charge on any atom is -0.489 e. The van der Waals surface area contributed by atoms with Crippen LogP contribution < -0.4 is 14.8 Å². The Morgan fingerprint density at radius 3 is 2.50 bits per heavy atom. The van der Waals surface area contributed by atoms with Gasteiger partial charge in [0.25, 0.3) is 0 Å². The molecule has 3 aromatic carbocycles. The van der Waals surface area contributed by atoms with Gasteiger partial charge in [-0.2, -0.15) is 0 Å². The molecule has 0 aliphatic carbocycles. The zero-order valence-corrected chi connectivity index (χ0v) is 18.1. The number of carboxylic acid groups (broad SMARTS) is 1. The van der Waals surface area contributed by atoms with E-state index in [0.717, 1.165) is 16.7 Å². The van der Waals surface area contributed by atoms with Crippen molar-refractivity contribution in [2.24, 2.45) is 0 Å². The zero-order chi connectivity index (χ0) is 22.6. The molecule has 3 aromatic rings. The summed E-state index contributed by atoms with van der Waals surface area (Å²) in [6, 6.07) is 20.7. The molecule has 8 heteroatoms. The monoisotopic (exact) mass is 452 g/mol. The van der Waals surface area contributed by atoms with Crippen molar-refractivity contribution in [2.75, 3.05) is 13.1 Å². The van der Waals surface area contributed by atoms with Gasteiger partial charge in [-0.25, -0.2) is 17.9 Å². The molecular formula is C24H24N2O5S. The molecule has 1 aliphatic rings. The first-order valence-electron chi connectivity index (χ1n) is 10.3. The third-order valence-electron chi connectivity index (χ3n) is 5.36. The number of nitrogens with one attached hydrogen (secondary N) is 2. The molecule has 1 aliphatic heterocycles. The number of aromatic carboxylic acids is 1. The number of ether oxygens (including phenoxy) is 1. The lowest BCUT2D eigenvalue weighted by molar-refractivity contribution is 0.0696. The maximum absolute atomic E-state index is 12.4. The van der Waals surface area contributed by atoms with Gasteiger partial charge in [0.15, 0.2) is 0 Å². The molecule has 0 radical (unpaired) electrons. The van der Waals surface area contributed by atoms with Gasteiger partial charge in [-0.3, -0.25) is 0 Å². The summed E-state index contributed by atoms with van der Waals surface area (Å²) >= 11 is 0. The fourth-order valence-electron chi connectivity index (χ4n) is 3.75. The van der Waals surface area contributed by atoms with Crippen LogP contribution in [0.4, 0.5) is 0 Å². The molecule has 0 fully saturated rings. The predicted molar refractivity (Wildman–Crippen MR) is 120 cm³/mol. The molecule has 7 nitrogen and oxygen atoms in total. The second-order valence-electron chi connectivity index (χ2n) is 7.50. The van der Waals surface area contributed by atoms with Gasteiger partial charge in [-0.15, -0.1) is 0 Å². The Kier molecular flexibility index (Phi) is 6.55. The molecule has 32 heavy (non-hydrogen) atoms. The summed E-state index contributed by atoms with van der Waals surface area (Å²) in [7, 11) is -3.55. The molecular weight excluding hydrogens is 428 g/mol. The van der Waals surface area contributed by atoms with Gasteiger partial charge >= 0.3 is 5.97 Å². The lowest BCUT2D eigenvalue weighted by Gasteiger charge is -2.21. The molecule has 0 amide bonds. The van der Waals surface area contributed by atoms with Crippen LogP contribution in [0, 0.1) is 0 Å². The third-order valence-corrected chi connectivity index (χ3v) is 6.84. The molecule has 0 aromatic heterocycles. The number of rotatable bonds is 8. The summed E-state index contributed by atoms with van der Waals surface area (Å²) < 4.78 is 33.3. The van der Waals surface area contributed by atoms with Gasteiger partial charge in [-0.05, 0) is 54.4 Å². The van der Waals surface area contributed by atoms with E-state index in [1.54, 1.807) is 42.5 Å². The second kappa shape index (κ2) is 9.52. The van der Waals surface area contributed by atoms with E-state index in [1.807, 2.05) is 24.3 Å². The minimum atomic E-state index is -3.55. The molecule has 4 rings (SSSR count). The van der Waals surface area contributed by atoms with E-state index in [9.17, 15) is 18.3 Å². The normalized spacial score (nSPS) is 15.2. The molecule has 0 saturated heterocycles. The van der Waals surface area contributed by atoms with Gasteiger partial charge < -0.3 is 15.2 Å². The van der Waals surface area contributed by atoms with E-state index >= 15 is 0 Å². The number of hydrogen-bond donors (Lipinski definition) is 3. The van der Waals surface area contributed by atoms with E-state index in [0.29, 0.717) is 25.3 Å². The average Bonchev–Trinajstić information content (AvgIpc) is 2.96. The number of sulfonamides is 1. The van der Waals surface area contributed by atoms with Crippen LogP contribution in [0.2, 0.25) is 0 Å². The molecule has 0 bridgehead atoms. The van der Waals surface area contributed by atoms with Gasteiger partial charge in [0.05, 0.1) is 16.5 Å². The highest BCUT2D eigenvalue weighted by Gasteiger charge is 2.25. The lowest BCUT2D eigenvalue weighted by atomic mass is 9.93. The van der Waals surface area contributed by atoms with Crippen molar-refractivity contribution < 1.29 is 23.1 Å². The predicted octanol–water partition coefficient (Wildman–Crippen LogP) is 3.32. The van der Waals surface area contributed by atoms with Crippen LogP contribution in [0.25, 0.3) is 0 Å². The van der Waals surface area contributed by atoms with E-state index < -0.39 is 16.0 Å². The highest BCUT2D eigenvalue weighted by atomic mass is 32.2. The first-order valence-corrected chi connectivity index (χ1v) is 11.8. The van der Waals surface area contributed by atoms with Crippen LogP contribution >= 0.6 is 0 Å². The summed E-state index contributed by atoms with van der Waals surface area (Å²) in [6.45, 7) is 1.19. The van der Waals surface area contributed by atoms with Gasteiger partial charge in [0.1, 0.15) is 12.4 Å². The first-order chi connectivity index (χ1) is 15.5. The maximum Gasteiger partial charge on any atom is 0.335 e. The van der Waals surface area contributed by atoms with Gasteiger partial charge in [0.2, 0.25) is 10.0 Å². The van der Waals surface area contributed by atoms with Crippen LogP contribution in [0.3, 0.4) is 0 Å². The highest BCUT2D eigenvalue weighted by molar-refractivity contribution is 7.89. The Hall–Kier alpha value is -3.20. The van der Waals surface area contributed by atoms with Crippen molar-refractivity contribution in [3.63, 3.8) is 0 Å². The van der Waals surface area contributed by atoms with E-state index in [1.165, 1.54) is 6.07 Å². The molecule has 0 spiro atoms. The summed E-state index contributed by atoms with van der Waals surface area (Å²) in [5, 5.41) is 12.9. The molecule has 1 atom stereocenters. The molecule has 3 N–H and O–H groups in total. The topological polar surface area (TPSA) is 105 Å². The minimum absolute atomic E-state index is 0.189. The van der Waals surface area contributed by atoms with Crippen LogP contribution in [0.1, 0.15) is 39.5 Å². The fourth-order valence-corrected chi connectivity index (χ4v) is 4.85. The highest BCUT2D eigenvalue weighted by Crippen LogP contribution is 2.36. The maximum atomic E-state index is 12.4. The van der Waals surface area contributed by atoms with E-state index in [4.69, 9.17) is 4.74 Å². The average molecular weight is 453 g/mol. The first kappa shape index (κ1) is 22.0. The Morgan fingerprint density at radius 1 is 0.969 bits per heavy atom. The number of carboxylic acids is 1. The third kappa shape index (κ3) is 4.83. The zero-order valence-electron chi connectivity index (χ0n) is 17.3. The van der Waals surface area contributed by atoms with E-state index in [2.05, 4.69) is 10.0 Å². The van der Waals surface area contributed by atoms with Crippen molar-refractivity contribution in [1.29, 1.82) is 0 Å². The quantitative estimate of drug-likeness (QED) is 0.453. The SMILES string of the molecule is O=C(O)c1ccc2c(c1)C(NCCCNS(=O)(=O)c1ccccc1)c1ccccc1CO2. The van der Waals surface area contributed by atoms with Crippen LogP contribution in [0.5, 0.6) is 5.75 Å². The molecule has 1 unspecified atom stereocenters. The lowest BCUT2D eigenvalue weighted by Crippen LogP contribution is -2.29. The van der Waals surface area contributed by atoms with Gasteiger partial charge in [-0.1, -0.05) is 42.5 Å². The Morgan fingerprint density at radius 2 is 1.72 bits per heavy atom. The number of hydrogen-bond acceptors (Lipinski definition) is 5. The smallest absolute Gasteiger partial charge is 0.335 e. The number of benzene rings is 3. The van der Waals surface area contributed by atoms with Crippen molar-refractivity contribution in [3.05, 3.63) is 95.1 Å². The van der Waals surface area contributed by atoms with Crippen LogP contribution in [-0.2, 0) is 16.6 Å².